The topological polar surface area (TPSA) is 35.5 Å². The molecular formula is C17H30N2O. The molecule has 0 fully saturated rings. The summed E-state index contributed by atoms with van der Waals surface area (Å²) in [4.78, 5) is 2.36. The maximum atomic E-state index is 9.06. The lowest BCUT2D eigenvalue weighted by Crippen LogP contribution is -2.29. The summed E-state index contributed by atoms with van der Waals surface area (Å²) >= 11 is 0. The highest BCUT2D eigenvalue weighted by Crippen LogP contribution is 2.28. The van der Waals surface area contributed by atoms with Crippen LogP contribution in [0.25, 0.3) is 0 Å². The Morgan fingerprint density at radius 2 is 1.95 bits per heavy atom. The number of rotatable bonds is 10. The number of benzene rings is 1. The van der Waals surface area contributed by atoms with Crippen molar-refractivity contribution >= 4 is 5.69 Å². The van der Waals surface area contributed by atoms with Crippen molar-refractivity contribution in [2.24, 2.45) is 0 Å². The molecule has 0 saturated heterocycles. The van der Waals surface area contributed by atoms with E-state index in [0.29, 0.717) is 6.04 Å². The van der Waals surface area contributed by atoms with E-state index in [4.69, 9.17) is 5.11 Å². The fourth-order valence-corrected chi connectivity index (χ4v) is 2.57. The van der Waals surface area contributed by atoms with Crippen molar-refractivity contribution in [3.63, 3.8) is 0 Å². The Morgan fingerprint density at radius 3 is 2.55 bits per heavy atom. The molecule has 0 aliphatic rings. The number of aliphatic hydroxyl groups excluding tert-OH is 1. The number of nitrogens with one attached hydrogen (secondary N) is 1. The van der Waals surface area contributed by atoms with Crippen LogP contribution in [-0.2, 0) is 0 Å². The molecule has 3 heteroatoms. The Labute approximate surface area is 124 Å². The molecule has 0 aliphatic heterocycles. The van der Waals surface area contributed by atoms with Crippen molar-refractivity contribution in [1.29, 1.82) is 0 Å². The highest BCUT2D eigenvalue weighted by molar-refractivity contribution is 5.55. The Balaban J connectivity index is 2.94. The summed E-state index contributed by atoms with van der Waals surface area (Å²) in [6, 6.07) is 9.07. The van der Waals surface area contributed by atoms with Gasteiger partial charge in [-0.25, -0.2) is 0 Å². The van der Waals surface area contributed by atoms with Crippen molar-refractivity contribution in [2.45, 2.75) is 46.1 Å². The number of hydrogen-bond acceptors (Lipinski definition) is 3. The number of nitrogens with zero attached hydrogens (tertiary/aromatic N) is 1. The van der Waals surface area contributed by atoms with Gasteiger partial charge < -0.3 is 15.3 Å². The molecule has 0 amide bonds. The number of anilines is 1. The third-order valence-corrected chi connectivity index (χ3v) is 3.67. The van der Waals surface area contributed by atoms with Gasteiger partial charge in [0.2, 0.25) is 0 Å². The van der Waals surface area contributed by atoms with E-state index in [-0.39, 0.29) is 6.61 Å². The molecule has 114 valence electrons. The SMILES string of the molecule is CCCNC(CC)c1ccccc1N(CC)CCCO. The maximum Gasteiger partial charge on any atom is 0.0447 e. The van der Waals surface area contributed by atoms with Gasteiger partial charge in [0, 0.05) is 31.4 Å². The number of aliphatic hydroxyl groups is 1. The van der Waals surface area contributed by atoms with Gasteiger partial charge in [-0.05, 0) is 44.4 Å². The van der Waals surface area contributed by atoms with Crippen LogP contribution in [0.5, 0.6) is 0 Å². The molecule has 20 heavy (non-hydrogen) atoms. The van der Waals surface area contributed by atoms with Crippen molar-refractivity contribution in [1.82, 2.24) is 5.32 Å². The van der Waals surface area contributed by atoms with Crippen LogP contribution in [0.15, 0.2) is 24.3 Å². The first kappa shape index (κ1) is 17.0. The van der Waals surface area contributed by atoms with E-state index in [0.717, 1.165) is 38.9 Å². The number of hydrogen-bond donors (Lipinski definition) is 2. The predicted molar refractivity (Wildman–Crippen MR) is 87.4 cm³/mol. The third kappa shape index (κ3) is 4.80. The van der Waals surface area contributed by atoms with Crippen LogP contribution in [0, 0.1) is 0 Å². The monoisotopic (exact) mass is 278 g/mol. The second-order valence-corrected chi connectivity index (χ2v) is 5.13. The molecule has 1 aromatic rings. The molecule has 0 aromatic heterocycles. The predicted octanol–water partition coefficient (Wildman–Crippen LogP) is 3.35. The second-order valence-electron chi connectivity index (χ2n) is 5.13. The minimum absolute atomic E-state index is 0.254. The molecule has 3 nitrogen and oxygen atoms in total. The molecule has 0 radical (unpaired) electrons. The fourth-order valence-electron chi connectivity index (χ4n) is 2.57. The molecule has 0 bridgehead atoms. The average molecular weight is 278 g/mol. The Morgan fingerprint density at radius 1 is 1.20 bits per heavy atom. The molecule has 1 atom stereocenters. The van der Waals surface area contributed by atoms with Gasteiger partial charge in [-0.2, -0.15) is 0 Å². The normalized spacial score (nSPS) is 12.4. The lowest BCUT2D eigenvalue weighted by molar-refractivity contribution is 0.289. The zero-order valence-corrected chi connectivity index (χ0v) is 13.2. The zero-order chi connectivity index (χ0) is 14.8. The number of para-hydroxylation sites is 1. The standard InChI is InChI=1S/C17H30N2O/c1-4-12-18-16(5-2)15-10-7-8-11-17(15)19(6-3)13-9-14-20/h7-8,10-11,16,18,20H,4-6,9,12-14H2,1-3H3. The Bertz CT molecular complexity index is 333. The van der Waals surface area contributed by atoms with Crippen LogP contribution in [0.3, 0.4) is 0 Å². The first-order valence-electron chi connectivity index (χ1n) is 7.96. The van der Waals surface area contributed by atoms with Crippen LogP contribution in [0.4, 0.5) is 5.69 Å². The van der Waals surface area contributed by atoms with Gasteiger partial charge >= 0.3 is 0 Å². The van der Waals surface area contributed by atoms with E-state index in [1.807, 2.05) is 0 Å². The highest BCUT2D eigenvalue weighted by Gasteiger charge is 2.15. The summed E-state index contributed by atoms with van der Waals surface area (Å²) in [5.41, 5.74) is 2.68. The van der Waals surface area contributed by atoms with Crippen LogP contribution in [0.2, 0.25) is 0 Å². The van der Waals surface area contributed by atoms with Crippen molar-refractivity contribution in [3.05, 3.63) is 29.8 Å². The summed E-state index contributed by atoms with van der Waals surface area (Å²) in [7, 11) is 0. The smallest absolute Gasteiger partial charge is 0.0447 e. The van der Waals surface area contributed by atoms with E-state index in [1.54, 1.807) is 0 Å². The Hall–Kier alpha value is -1.06. The minimum Gasteiger partial charge on any atom is -0.396 e. The first-order valence-corrected chi connectivity index (χ1v) is 7.96. The average Bonchev–Trinajstić information content (AvgIpc) is 2.50. The summed E-state index contributed by atoms with van der Waals surface area (Å²) in [6.45, 7) is 9.79. The highest BCUT2D eigenvalue weighted by atomic mass is 16.3. The molecule has 1 rings (SSSR count). The molecule has 0 aliphatic carbocycles. The quantitative estimate of drug-likeness (QED) is 0.689. The van der Waals surface area contributed by atoms with Crippen molar-refractivity contribution in [2.75, 3.05) is 31.1 Å². The molecular weight excluding hydrogens is 248 g/mol. The van der Waals surface area contributed by atoms with Gasteiger partial charge in [-0.3, -0.25) is 0 Å². The van der Waals surface area contributed by atoms with Crippen LogP contribution < -0.4 is 10.2 Å². The van der Waals surface area contributed by atoms with Crippen LogP contribution in [0.1, 0.15) is 51.6 Å². The minimum atomic E-state index is 0.254. The Kier molecular flexibility index (Phi) is 8.31. The molecule has 1 unspecified atom stereocenters. The molecule has 2 N–H and O–H groups in total. The van der Waals surface area contributed by atoms with E-state index >= 15 is 0 Å². The van der Waals surface area contributed by atoms with Crippen LogP contribution >= 0.6 is 0 Å². The third-order valence-electron chi connectivity index (χ3n) is 3.67. The van der Waals surface area contributed by atoms with Gasteiger partial charge in [0.15, 0.2) is 0 Å². The summed E-state index contributed by atoms with van der Waals surface area (Å²) in [5, 5.41) is 12.7. The van der Waals surface area contributed by atoms with E-state index in [2.05, 4.69) is 55.3 Å². The van der Waals surface area contributed by atoms with Gasteiger partial charge in [0.05, 0.1) is 0 Å². The van der Waals surface area contributed by atoms with E-state index in [9.17, 15) is 0 Å². The molecule has 0 heterocycles. The molecule has 1 aromatic carbocycles. The lowest BCUT2D eigenvalue weighted by Gasteiger charge is -2.29. The van der Waals surface area contributed by atoms with Crippen molar-refractivity contribution in [3.8, 4) is 0 Å². The fraction of sp³-hybridized carbons (Fsp3) is 0.647. The first-order chi connectivity index (χ1) is 9.78. The van der Waals surface area contributed by atoms with E-state index < -0.39 is 0 Å². The van der Waals surface area contributed by atoms with Crippen LogP contribution in [-0.4, -0.2) is 31.3 Å². The summed E-state index contributed by atoms with van der Waals surface area (Å²) < 4.78 is 0. The van der Waals surface area contributed by atoms with Gasteiger partial charge in [-0.15, -0.1) is 0 Å². The molecule has 0 saturated carbocycles. The molecule has 0 spiro atoms. The van der Waals surface area contributed by atoms with E-state index in [1.165, 1.54) is 11.3 Å². The maximum absolute atomic E-state index is 9.06. The second kappa shape index (κ2) is 9.78. The summed E-state index contributed by atoms with van der Waals surface area (Å²) in [6.07, 6.45) is 3.07. The summed E-state index contributed by atoms with van der Waals surface area (Å²) in [5.74, 6) is 0. The lowest BCUT2D eigenvalue weighted by atomic mass is 10.0. The largest absolute Gasteiger partial charge is 0.396 e. The van der Waals surface area contributed by atoms with Crippen molar-refractivity contribution < 1.29 is 5.11 Å². The van der Waals surface area contributed by atoms with Gasteiger partial charge in [0.1, 0.15) is 0 Å². The van der Waals surface area contributed by atoms with Gasteiger partial charge in [0.25, 0.3) is 0 Å². The van der Waals surface area contributed by atoms with Gasteiger partial charge in [-0.1, -0.05) is 32.0 Å². The zero-order valence-electron chi connectivity index (χ0n) is 13.2.